The van der Waals surface area contributed by atoms with E-state index in [1.54, 1.807) is 0 Å². The monoisotopic (exact) mass is 311 g/mol. The van der Waals surface area contributed by atoms with Crippen LogP contribution in [0.1, 0.15) is 59.3 Å². The summed E-state index contributed by atoms with van der Waals surface area (Å²) < 4.78 is 5.69. The highest BCUT2D eigenvalue weighted by Gasteiger charge is 2.55. The molecule has 4 bridgehead atoms. The zero-order valence-electron chi connectivity index (χ0n) is 13.6. The standard InChI is InChI=1S/C17H29NO2S/c1-16(2,3)20-15(19)18(4-5-21)17-9-12-6-13(10-17)8-14(7-12)11-17/h12-14,21H,4-11H2,1-3H3. The summed E-state index contributed by atoms with van der Waals surface area (Å²) in [4.78, 5) is 14.8. The van der Waals surface area contributed by atoms with Crippen LogP contribution in [0.3, 0.4) is 0 Å². The minimum Gasteiger partial charge on any atom is -0.444 e. The summed E-state index contributed by atoms with van der Waals surface area (Å²) in [5, 5.41) is 0. The number of rotatable bonds is 3. The number of carbonyl (C=O) groups excluding carboxylic acids is 1. The van der Waals surface area contributed by atoms with Gasteiger partial charge in [0.2, 0.25) is 0 Å². The molecule has 0 saturated heterocycles. The van der Waals surface area contributed by atoms with Crippen LogP contribution in [0, 0.1) is 17.8 Å². The van der Waals surface area contributed by atoms with Gasteiger partial charge in [0.25, 0.3) is 0 Å². The average molecular weight is 311 g/mol. The molecule has 1 amide bonds. The summed E-state index contributed by atoms with van der Waals surface area (Å²) >= 11 is 4.39. The molecule has 3 nitrogen and oxygen atoms in total. The Bertz CT molecular complexity index is 380. The van der Waals surface area contributed by atoms with Crippen LogP contribution in [0.4, 0.5) is 4.79 Å². The van der Waals surface area contributed by atoms with Crippen molar-refractivity contribution in [2.75, 3.05) is 12.3 Å². The Kier molecular flexibility index (Phi) is 3.96. The first kappa shape index (κ1) is 15.5. The third-order valence-corrected chi connectivity index (χ3v) is 5.72. The Morgan fingerprint density at radius 1 is 1.14 bits per heavy atom. The molecule has 0 aromatic rings. The highest BCUT2D eigenvalue weighted by Crippen LogP contribution is 2.57. The highest BCUT2D eigenvalue weighted by atomic mass is 32.1. The van der Waals surface area contributed by atoms with Crippen LogP contribution in [-0.4, -0.2) is 34.4 Å². The molecular formula is C17H29NO2S. The second-order valence-electron chi connectivity index (χ2n) is 8.50. The van der Waals surface area contributed by atoms with Crippen molar-refractivity contribution >= 4 is 18.7 Å². The maximum absolute atomic E-state index is 12.7. The first-order chi connectivity index (χ1) is 9.81. The summed E-state index contributed by atoms with van der Waals surface area (Å²) in [6.07, 6.45) is 7.61. The van der Waals surface area contributed by atoms with Gasteiger partial charge in [-0.2, -0.15) is 12.6 Å². The second-order valence-corrected chi connectivity index (χ2v) is 8.94. The summed E-state index contributed by atoms with van der Waals surface area (Å²) in [5.74, 6) is 3.21. The molecule has 4 saturated carbocycles. The number of amides is 1. The lowest BCUT2D eigenvalue weighted by atomic mass is 9.52. The van der Waals surface area contributed by atoms with Crippen LogP contribution in [0.5, 0.6) is 0 Å². The van der Waals surface area contributed by atoms with Crippen molar-refractivity contribution in [1.29, 1.82) is 0 Å². The topological polar surface area (TPSA) is 29.5 Å². The maximum Gasteiger partial charge on any atom is 0.410 e. The summed E-state index contributed by atoms with van der Waals surface area (Å²) in [7, 11) is 0. The molecule has 120 valence electrons. The van der Waals surface area contributed by atoms with Crippen LogP contribution in [0.2, 0.25) is 0 Å². The van der Waals surface area contributed by atoms with E-state index in [0.717, 1.165) is 17.8 Å². The molecule has 4 rings (SSSR count). The fourth-order valence-corrected chi connectivity index (χ4v) is 5.53. The molecule has 0 aromatic carbocycles. The van der Waals surface area contributed by atoms with E-state index in [2.05, 4.69) is 17.5 Å². The first-order valence-corrected chi connectivity index (χ1v) is 9.06. The predicted octanol–water partition coefficient (Wildman–Crippen LogP) is 4.12. The van der Waals surface area contributed by atoms with E-state index in [9.17, 15) is 4.79 Å². The molecule has 0 unspecified atom stereocenters. The van der Waals surface area contributed by atoms with Crippen molar-refractivity contribution in [2.45, 2.75) is 70.4 Å². The molecule has 0 aliphatic heterocycles. The van der Waals surface area contributed by atoms with E-state index in [-0.39, 0.29) is 11.6 Å². The number of thiol groups is 1. The normalized spacial score (nSPS) is 37.6. The van der Waals surface area contributed by atoms with Gasteiger partial charge in [-0.25, -0.2) is 4.79 Å². The number of carbonyl (C=O) groups is 1. The summed E-state index contributed by atoms with van der Waals surface area (Å²) in [6.45, 7) is 6.56. The van der Waals surface area contributed by atoms with Crippen molar-refractivity contribution in [2.24, 2.45) is 17.8 Å². The molecule has 0 radical (unpaired) electrons. The molecule has 4 aliphatic rings. The molecule has 21 heavy (non-hydrogen) atoms. The lowest BCUT2D eigenvalue weighted by Crippen LogP contribution is -2.62. The average Bonchev–Trinajstić information content (AvgIpc) is 2.31. The highest BCUT2D eigenvalue weighted by molar-refractivity contribution is 7.80. The minimum atomic E-state index is -0.422. The van der Waals surface area contributed by atoms with Crippen molar-refractivity contribution in [1.82, 2.24) is 4.90 Å². The van der Waals surface area contributed by atoms with Crippen LogP contribution in [0.15, 0.2) is 0 Å². The van der Waals surface area contributed by atoms with Crippen molar-refractivity contribution in [3.63, 3.8) is 0 Å². The smallest absolute Gasteiger partial charge is 0.410 e. The van der Waals surface area contributed by atoms with Crippen LogP contribution in [0.25, 0.3) is 0 Å². The molecular weight excluding hydrogens is 282 g/mol. The number of ether oxygens (including phenoxy) is 1. The summed E-state index contributed by atoms with van der Waals surface area (Å²) in [5.41, 5.74) is -0.353. The number of nitrogens with zero attached hydrogens (tertiary/aromatic N) is 1. The lowest BCUT2D eigenvalue weighted by Gasteiger charge is -2.60. The Hall–Kier alpha value is -0.380. The Morgan fingerprint density at radius 3 is 2.00 bits per heavy atom. The van der Waals surface area contributed by atoms with Crippen LogP contribution >= 0.6 is 12.6 Å². The van der Waals surface area contributed by atoms with Gasteiger partial charge in [-0.05, 0) is 77.0 Å². The van der Waals surface area contributed by atoms with E-state index < -0.39 is 5.60 Å². The van der Waals surface area contributed by atoms with Gasteiger partial charge in [-0.15, -0.1) is 0 Å². The fraction of sp³-hybridized carbons (Fsp3) is 0.941. The molecule has 0 atom stereocenters. The van der Waals surface area contributed by atoms with Gasteiger partial charge in [-0.3, -0.25) is 0 Å². The van der Waals surface area contributed by atoms with E-state index in [1.807, 2.05) is 20.8 Å². The Balaban J connectivity index is 1.81. The van der Waals surface area contributed by atoms with Crippen molar-refractivity contribution in [3.8, 4) is 0 Å². The molecule has 0 N–H and O–H groups in total. The number of hydrogen-bond acceptors (Lipinski definition) is 3. The lowest BCUT2D eigenvalue weighted by molar-refractivity contribution is -0.0882. The van der Waals surface area contributed by atoms with Crippen molar-refractivity contribution < 1.29 is 9.53 Å². The Morgan fingerprint density at radius 2 is 1.62 bits per heavy atom. The van der Waals surface area contributed by atoms with E-state index in [4.69, 9.17) is 4.74 Å². The molecule has 0 aromatic heterocycles. The van der Waals surface area contributed by atoms with Gasteiger partial charge >= 0.3 is 6.09 Å². The SMILES string of the molecule is CC(C)(C)OC(=O)N(CCS)C12CC3CC(CC(C3)C1)C2. The van der Waals surface area contributed by atoms with Gasteiger partial charge in [0.05, 0.1) is 0 Å². The van der Waals surface area contributed by atoms with Crippen molar-refractivity contribution in [3.05, 3.63) is 0 Å². The molecule has 4 aliphatic carbocycles. The number of hydrogen-bond donors (Lipinski definition) is 1. The van der Waals surface area contributed by atoms with Crippen LogP contribution in [-0.2, 0) is 4.74 Å². The summed E-state index contributed by atoms with van der Waals surface area (Å²) in [6, 6.07) is 0. The van der Waals surface area contributed by atoms with Gasteiger partial charge in [0.15, 0.2) is 0 Å². The van der Waals surface area contributed by atoms with E-state index >= 15 is 0 Å². The quantitative estimate of drug-likeness (QED) is 0.794. The Labute approximate surface area is 134 Å². The maximum atomic E-state index is 12.7. The van der Waals surface area contributed by atoms with Gasteiger partial charge in [-0.1, -0.05) is 0 Å². The zero-order chi connectivity index (χ0) is 15.3. The first-order valence-electron chi connectivity index (χ1n) is 8.43. The van der Waals surface area contributed by atoms with Gasteiger partial charge in [0, 0.05) is 17.8 Å². The van der Waals surface area contributed by atoms with Gasteiger partial charge in [0.1, 0.15) is 5.60 Å². The molecule has 4 heteroatoms. The molecule has 0 spiro atoms. The molecule has 4 fully saturated rings. The molecule has 0 heterocycles. The minimum absolute atomic E-state index is 0.0693. The third kappa shape index (κ3) is 3.06. The van der Waals surface area contributed by atoms with E-state index in [1.165, 1.54) is 38.5 Å². The second kappa shape index (κ2) is 5.36. The third-order valence-electron chi connectivity index (χ3n) is 5.52. The predicted molar refractivity (Wildman–Crippen MR) is 87.7 cm³/mol. The van der Waals surface area contributed by atoms with Gasteiger partial charge < -0.3 is 9.64 Å². The fourth-order valence-electron chi connectivity index (χ4n) is 5.33. The van der Waals surface area contributed by atoms with Crippen LogP contribution < -0.4 is 0 Å². The largest absolute Gasteiger partial charge is 0.444 e. The zero-order valence-corrected chi connectivity index (χ0v) is 14.5. The van der Waals surface area contributed by atoms with E-state index in [0.29, 0.717) is 12.3 Å².